The molecule has 1 aromatic carbocycles. The van der Waals surface area contributed by atoms with Gasteiger partial charge in [0.25, 0.3) is 5.91 Å². The predicted molar refractivity (Wildman–Crippen MR) is 69.1 cm³/mol. The SMILES string of the molecule is CCN[C@H](C)CNC(=O)c1ccc(F)c(F)c1.Cl. The van der Waals surface area contributed by atoms with E-state index in [0.29, 0.717) is 6.54 Å². The molecule has 1 atom stereocenters. The van der Waals surface area contributed by atoms with Crippen LogP contribution in [0.2, 0.25) is 0 Å². The van der Waals surface area contributed by atoms with Crippen molar-refractivity contribution in [1.29, 1.82) is 0 Å². The highest BCUT2D eigenvalue weighted by Crippen LogP contribution is 2.08. The second kappa shape index (κ2) is 8.00. The Balaban J connectivity index is 0.00000289. The molecule has 0 aliphatic heterocycles. The molecule has 1 amide bonds. The first kappa shape index (κ1) is 16.8. The van der Waals surface area contributed by atoms with Crippen LogP contribution in [0.1, 0.15) is 24.2 Å². The van der Waals surface area contributed by atoms with E-state index in [0.717, 1.165) is 18.7 Å². The number of rotatable bonds is 5. The Hall–Kier alpha value is -1.20. The lowest BCUT2D eigenvalue weighted by molar-refractivity contribution is 0.0949. The van der Waals surface area contributed by atoms with Gasteiger partial charge in [-0.2, -0.15) is 0 Å². The molecule has 0 saturated heterocycles. The highest BCUT2D eigenvalue weighted by molar-refractivity contribution is 5.94. The number of halogens is 3. The van der Waals surface area contributed by atoms with E-state index in [4.69, 9.17) is 0 Å². The van der Waals surface area contributed by atoms with Gasteiger partial charge in [0.05, 0.1) is 0 Å². The van der Waals surface area contributed by atoms with E-state index in [1.807, 2.05) is 13.8 Å². The quantitative estimate of drug-likeness (QED) is 0.866. The van der Waals surface area contributed by atoms with Crippen LogP contribution in [0, 0.1) is 11.6 Å². The molecule has 6 heteroatoms. The van der Waals surface area contributed by atoms with E-state index in [1.54, 1.807) is 0 Å². The van der Waals surface area contributed by atoms with Crippen molar-refractivity contribution in [2.75, 3.05) is 13.1 Å². The van der Waals surface area contributed by atoms with Crippen molar-refractivity contribution >= 4 is 18.3 Å². The highest BCUT2D eigenvalue weighted by atomic mass is 35.5. The maximum absolute atomic E-state index is 12.9. The summed E-state index contributed by atoms with van der Waals surface area (Å²) in [6.45, 7) is 5.14. The fourth-order valence-electron chi connectivity index (χ4n) is 1.41. The molecular formula is C12H17ClF2N2O. The van der Waals surface area contributed by atoms with Crippen LogP contribution in [0.3, 0.4) is 0 Å². The Morgan fingerprint density at radius 1 is 1.33 bits per heavy atom. The van der Waals surface area contributed by atoms with Crippen LogP contribution in [0.5, 0.6) is 0 Å². The third kappa shape index (κ3) is 4.98. The van der Waals surface area contributed by atoms with Gasteiger partial charge >= 0.3 is 0 Å². The zero-order chi connectivity index (χ0) is 12.8. The molecule has 0 aliphatic carbocycles. The molecule has 0 spiro atoms. The van der Waals surface area contributed by atoms with E-state index in [2.05, 4.69) is 10.6 Å². The average Bonchev–Trinajstić information content (AvgIpc) is 2.30. The molecule has 0 aliphatic rings. The van der Waals surface area contributed by atoms with Gasteiger partial charge in [0.1, 0.15) is 0 Å². The number of likely N-dealkylation sites (N-methyl/N-ethyl adjacent to an activating group) is 1. The lowest BCUT2D eigenvalue weighted by Gasteiger charge is -2.13. The fourth-order valence-corrected chi connectivity index (χ4v) is 1.41. The zero-order valence-electron chi connectivity index (χ0n) is 10.3. The molecule has 102 valence electrons. The van der Waals surface area contributed by atoms with Gasteiger partial charge in [0.15, 0.2) is 11.6 Å². The number of amides is 1. The maximum Gasteiger partial charge on any atom is 0.251 e. The topological polar surface area (TPSA) is 41.1 Å². The molecule has 3 nitrogen and oxygen atoms in total. The number of nitrogens with one attached hydrogen (secondary N) is 2. The molecule has 0 aromatic heterocycles. The summed E-state index contributed by atoms with van der Waals surface area (Å²) < 4.78 is 25.6. The fraction of sp³-hybridized carbons (Fsp3) is 0.417. The van der Waals surface area contributed by atoms with Crippen LogP contribution in [0.4, 0.5) is 8.78 Å². The van der Waals surface area contributed by atoms with Crippen LogP contribution >= 0.6 is 12.4 Å². The summed E-state index contributed by atoms with van der Waals surface area (Å²) in [5.74, 6) is -2.38. The minimum atomic E-state index is -1.02. The van der Waals surface area contributed by atoms with Crippen molar-refractivity contribution in [2.24, 2.45) is 0 Å². The number of benzene rings is 1. The summed E-state index contributed by atoms with van der Waals surface area (Å²) in [7, 11) is 0. The first-order chi connectivity index (χ1) is 8.04. The van der Waals surface area contributed by atoms with E-state index in [1.165, 1.54) is 6.07 Å². The zero-order valence-corrected chi connectivity index (χ0v) is 11.1. The van der Waals surface area contributed by atoms with E-state index in [-0.39, 0.29) is 24.0 Å². The van der Waals surface area contributed by atoms with Gasteiger partial charge < -0.3 is 10.6 Å². The van der Waals surface area contributed by atoms with Crippen molar-refractivity contribution < 1.29 is 13.6 Å². The summed E-state index contributed by atoms with van der Waals surface area (Å²) in [5, 5.41) is 5.76. The van der Waals surface area contributed by atoms with E-state index < -0.39 is 17.5 Å². The van der Waals surface area contributed by atoms with Crippen LogP contribution in [0.15, 0.2) is 18.2 Å². The maximum atomic E-state index is 12.9. The normalized spacial score (nSPS) is 11.6. The van der Waals surface area contributed by atoms with Crippen LogP contribution in [-0.4, -0.2) is 25.0 Å². The monoisotopic (exact) mass is 278 g/mol. The minimum Gasteiger partial charge on any atom is -0.350 e. The molecular weight excluding hydrogens is 262 g/mol. The molecule has 0 fully saturated rings. The van der Waals surface area contributed by atoms with Gasteiger partial charge in [-0.05, 0) is 31.7 Å². The van der Waals surface area contributed by atoms with E-state index >= 15 is 0 Å². The Morgan fingerprint density at radius 2 is 2.00 bits per heavy atom. The molecule has 0 radical (unpaired) electrons. The third-order valence-electron chi connectivity index (χ3n) is 2.30. The van der Waals surface area contributed by atoms with Crippen molar-refractivity contribution in [1.82, 2.24) is 10.6 Å². The second-order valence-electron chi connectivity index (χ2n) is 3.80. The molecule has 1 aromatic rings. The molecule has 1 rings (SSSR count). The number of hydrogen-bond donors (Lipinski definition) is 2. The molecule has 0 unspecified atom stereocenters. The standard InChI is InChI=1S/C12H16F2N2O.ClH/c1-3-15-8(2)7-16-12(17)9-4-5-10(13)11(14)6-9;/h4-6,8,15H,3,7H2,1-2H3,(H,16,17);1H/t8-;/m1./s1. The van der Waals surface area contributed by atoms with Gasteiger partial charge in [-0.3, -0.25) is 4.79 Å². The smallest absolute Gasteiger partial charge is 0.251 e. The highest BCUT2D eigenvalue weighted by Gasteiger charge is 2.10. The Morgan fingerprint density at radius 3 is 2.56 bits per heavy atom. The van der Waals surface area contributed by atoms with E-state index in [9.17, 15) is 13.6 Å². The number of carbonyl (C=O) groups is 1. The summed E-state index contributed by atoms with van der Waals surface area (Å²) in [6.07, 6.45) is 0. The molecule has 0 heterocycles. The molecule has 0 saturated carbocycles. The van der Waals surface area contributed by atoms with Gasteiger partial charge in [0.2, 0.25) is 0 Å². The van der Waals surface area contributed by atoms with Gasteiger partial charge in [-0.25, -0.2) is 8.78 Å². The first-order valence-corrected chi connectivity index (χ1v) is 5.51. The van der Waals surface area contributed by atoms with Gasteiger partial charge in [0, 0.05) is 18.2 Å². The summed E-state index contributed by atoms with van der Waals surface area (Å²) in [5.41, 5.74) is 0.118. The second-order valence-corrected chi connectivity index (χ2v) is 3.80. The predicted octanol–water partition coefficient (Wildman–Crippen LogP) is 2.11. The third-order valence-corrected chi connectivity index (χ3v) is 2.30. The largest absolute Gasteiger partial charge is 0.350 e. The average molecular weight is 279 g/mol. The Labute approximate surface area is 111 Å². The van der Waals surface area contributed by atoms with Crippen LogP contribution in [0.25, 0.3) is 0 Å². The Bertz CT molecular complexity index is 402. The molecule has 18 heavy (non-hydrogen) atoms. The van der Waals surface area contributed by atoms with Crippen LogP contribution in [-0.2, 0) is 0 Å². The van der Waals surface area contributed by atoms with Gasteiger partial charge in [-0.15, -0.1) is 12.4 Å². The minimum absolute atomic E-state index is 0. The summed E-state index contributed by atoms with van der Waals surface area (Å²) >= 11 is 0. The van der Waals surface area contributed by atoms with Crippen molar-refractivity contribution in [3.05, 3.63) is 35.4 Å². The summed E-state index contributed by atoms with van der Waals surface area (Å²) in [6, 6.07) is 3.22. The van der Waals surface area contributed by atoms with Crippen molar-refractivity contribution in [2.45, 2.75) is 19.9 Å². The summed E-state index contributed by atoms with van der Waals surface area (Å²) in [4.78, 5) is 11.6. The van der Waals surface area contributed by atoms with Gasteiger partial charge in [-0.1, -0.05) is 6.92 Å². The Kier molecular flexibility index (Phi) is 7.47. The van der Waals surface area contributed by atoms with Crippen LogP contribution < -0.4 is 10.6 Å². The first-order valence-electron chi connectivity index (χ1n) is 5.51. The molecule has 0 bridgehead atoms. The number of hydrogen-bond acceptors (Lipinski definition) is 2. The van der Waals surface area contributed by atoms with Crippen molar-refractivity contribution in [3.63, 3.8) is 0 Å². The lowest BCUT2D eigenvalue weighted by atomic mass is 10.2. The number of carbonyl (C=O) groups excluding carboxylic acids is 1. The molecule has 2 N–H and O–H groups in total. The van der Waals surface area contributed by atoms with Crippen molar-refractivity contribution in [3.8, 4) is 0 Å². The lowest BCUT2D eigenvalue weighted by Crippen LogP contribution is -2.38.